The first-order valence-electron chi connectivity index (χ1n) is 0.944. The Morgan fingerprint density at radius 1 is 1.57 bits per heavy atom. The molecule has 0 aromatic rings. The Morgan fingerprint density at radius 3 is 1.71 bits per heavy atom. The summed E-state index contributed by atoms with van der Waals surface area (Å²) < 4.78 is 25.8. The summed E-state index contributed by atoms with van der Waals surface area (Å²) in [5.74, 6) is 0. The van der Waals surface area contributed by atoms with Crippen molar-refractivity contribution >= 4 is 10.1 Å². The summed E-state index contributed by atoms with van der Waals surface area (Å²) in [5, 5.41) is 7.95. The molecule has 0 bridgehead atoms. The van der Waals surface area contributed by atoms with Gasteiger partial charge >= 0.3 is 10.1 Å². The molecule has 7 heavy (non-hydrogen) atoms. The van der Waals surface area contributed by atoms with Crippen molar-refractivity contribution in [3.8, 4) is 5.40 Å². The van der Waals surface area contributed by atoms with Crippen molar-refractivity contribution in [3.63, 3.8) is 0 Å². The molecule has 0 unspecified atom stereocenters. The van der Waals surface area contributed by atoms with E-state index in [1.807, 2.05) is 0 Å². The Hall–Kier alpha value is 0.140. The van der Waals surface area contributed by atoms with Gasteiger partial charge in [0, 0.05) is 22.4 Å². The van der Waals surface area contributed by atoms with Gasteiger partial charge in [-0.05, 0) is 0 Å². The fourth-order valence-electron chi connectivity index (χ4n) is 0. The maximum atomic E-state index is 9.19. The average Bonchev–Trinajstić information content (AvgIpc) is 1.35. The number of nitrogens with zero attached hydrogens (tertiary/aromatic N) is 1. The van der Waals surface area contributed by atoms with Gasteiger partial charge in [-0.25, -0.2) is 0 Å². The molecule has 0 saturated heterocycles. The fraction of sp³-hybridized carbons (Fsp3) is 0. The number of hydrogen-bond acceptors (Lipinski definition) is 3. The predicted octanol–water partition coefficient (Wildman–Crippen LogP) is -0.647. The molecule has 45 valence electrons. The van der Waals surface area contributed by atoms with Gasteiger partial charge in [-0.3, -0.25) is 4.55 Å². The van der Waals surface area contributed by atoms with E-state index < -0.39 is 10.1 Å². The van der Waals surface area contributed by atoms with Crippen LogP contribution in [0.4, 0.5) is 0 Å². The largest absolute Gasteiger partial charge is 0.360 e. The predicted molar refractivity (Wildman–Crippen MR) is 17.2 cm³/mol. The molecular formula is CHAuNO3S. The second-order valence-electron chi connectivity index (χ2n) is 0.566. The minimum Gasteiger partial charge on any atom is -0.274 e. The average molecular weight is 304 g/mol. The molecule has 0 saturated carbocycles. The normalized spacial score (nSPS) is 8.57. The van der Waals surface area contributed by atoms with E-state index in [0.717, 1.165) is 0 Å². The van der Waals surface area contributed by atoms with E-state index in [9.17, 15) is 8.42 Å². The van der Waals surface area contributed by atoms with E-state index in [0.29, 0.717) is 5.40 Å². The van der Waals surface area contributed by atoms with Crippen LogP contribution in [-0.4, -0.2) is 13.0 Å². The van der Waals surface area contributed by atoms with E-state index in [1.165, 1.54) is 0 Å². The fourth-order valence-corrected chi connectivity index (χ4v) is 0. The van der Waals surface area contributed by atoms with Crippen LogP contribution in [0.25, 0.3) is 0 Å². The van der Waals surface area contributed by atoms with Crippen LogP contribution in [0, 0.1) is 10.7 Å². The molecule has 0 atom stereocenters. The van der Waals surface area contributed by atoms with Crippen LogP contribution in [0.1, 0.15) is 0 Å². The van der Waals surface area contributed by atoms with Gasteiger partial charge in [0.25, 0.3) is 0 Å². The second-order valence-corrected chi connectivity index (χ2v) is 1.70. The van der Waals surface area contributed by atoms with E-state index in [-0.39, 0.29) is 22.4 Å². The molecule has 0 heterocycles. The van der Waals surface area contributed by atoms with Crippen LogP contribution < -0.4 is 0 Å². The van der Waals surface area contributed by atoms with Gasteiger partial charge in [-0.15, -0.1) is 0 Å². The Morgan fingerprint density at radius 2 is 1.71 bits per heavy atom. The van der Waals surface area contributed by atoms with Crippen molar-refractivity contribution in [2.45, 2.75) is 0 Å². The molecule has 0 aromatic carbocycles. The zero-order valence-electron chi connectivity index (χ0n) is 2.92. The summed E-state index contributed by atoms with van der Waals surface area (Å²) in [6.07, 6.45) is 0. The number of hydrogen-bond donors (Lipinski definition) is 1. The molecule has 0 aliphatic heterocycles. The zero-order chi connectivity index (χ0) is 5.21. The van der Waals surface area contributed by atoms with Crippen LogP contribution in [0.2, 0.25) is 0 Å². The van der Waals surface area contributed by atoms with E-state index >= 15 is 0 Å². The van der Waals surface area contributed by atoms with Gasteiger partial charge in [-0.2, -0.15) is 13.7 Å². The number of thiocyanates is 1. The van der Waals surface area contributed by atoms with E-state index in [4.69, 9.17) is 9.81 Å². The molecular weight excluding hydrogens is 303 g/mol. The van der Waals surface area contributed by atoms with E-state index in [2.05, 4.69) is 0 Å². The monoisotopic (exact) mass is 304 g/mol. The first-order chi connectivity index (χ1) is 2.56. The molecule has 4 nitrogen and oxygen atoms in total. The van der Waals surface area contributed by atoms with E-state index in [1.54, 1.807) is 0 Å². The third-order valence-electron chi connectivity index (χ3n) is 0.115. The van der Waals surface area contributed by atoms with Crippen molar-refractivity contribution in [1.82, 2.24) is 0 Å². The molecule has 6 heteroatoms. The maximum absolute atomic E-state index is 9.19. The molecule has 1 N–H and O–H groups in total. The quantitative estimate of drug-likeness (QED) is 0.279. The molecule has 0 spiro atoms. The van der Waals surface area contributed by atoms with Crippen molar-refractivity contribution < 1.29 is 35.4 Å². The molecule has 1 radical (unpaired) electrons. The Bertz CT molecular complexity index is 164. The second kappa shape index (κ2) is 3.18. The Balaban J connectivity index is 0. The standard InChI is InChI=1S/CHNO3S.Au/c2-1-6(3,4)5;/h(H,3,4,5);. The summed E-state index contributed by atoms with van der Waals surface area (Å²) >= 11 is 0. The van der Waals surface area contributed by atoms with Crippen molar-refractivity contribution in [3.05, 3.63) is 0 Å². The first-order valence-corrected chi connectivity index (χ1v) is 2.38. The summed E-state index contributed by atoms with van der Waals surface area (Å²) in [7, 11) is -4.36. The minimum absolute atomic E-state index is 0. The van der Waals surface area contributed by atoms with Crippen molar-refractivity contribution in [2.75, 3.05) is 0 Å². The van der Waals surface area contributed by atoms with Gasteiger partial charge < -0.3 is 0 Å². The van der Waals surface area contributed by atoms with Crippen molar-refractivity contribution in [2.24, 2.45) is 0 Å². The van der Waals surface area contributed by atoms with Crippen LogP contribution in [0.5, 0.6) is 0 Å². The minimum atomic E-state index is -4.36. The summed E-state index contributed by atoms with van der Waals surface area (Å²) in [4.78, 5) is 0. The first kappa shape index (κ1) is 10.2. The van der Waals surface area contributed by atoms with Crippen LogP contribution >= 0.6 is 0 Å². The topological polar surface area (TPSA) is 78.2 Å². The number of rotatable bonds is 0. The van der Waals surface area contributed by atoms with Crippen LogP contribution in [0.3, 0.4) is 0 Å². The van der Waals surface area contributed by atoms with Gasteiger partial charge in [0.2, 0.25) is 5.40 Å². The van der Waals surface area contributed by atoms with Crippen LogP contribution in [0.15, 0.2) is 0 Å². The summed E-state index contributed by atoms with van der Waals surface area (Å²) in [5.41, 5.74) is 0. The summed E-state index contributed by atoms with van der Waals surface area (Å²) in [6.45, 7) is 0. The van der Waals surface area contributed by atoms with Gasteiger partial charge in [0.1, 0.15) is 0 Å². The van der Waals surface area contributed by atoms with Gasteiger partial charge in [0.15, 0.2) is 0 Å². The maximum Gasteiger partial charge on any atom is 0.360 e. The Labute approximate surface area is 56.4 Å². The molecule has 0 fully saturated rings. The SMILES string of the molecule is N#CS(=O)(=O)O.[Au]. The Kier molecular flexibility index (Phi) is 4.63. The zero-order valence-corrected chi connectivity index (χ0v) is 5.90. The third kappa shape index (κ3) is 10.7. The molecule has 0 aliphatic rings. The third-order valence-corrected chi connectivity index (χ3v) is 0.346. The van der Waals surface area contributed by atoms with Gasteiger partial charge in [-0.1, -0.05) is 0 Å². The molecule has 0 aromatic heterocycles. The molecule has 0 aliphatic carbocycles. The van der Waals surface area contributed by atoms with Crippen LogP contribution in [-0.2, 0) is 32.5 Å². The molecule has 0 amide bonds. The molecule has 0 rings (SSSR count). The van der Waals surface area contributed by atoms with Gasteiger partial charge in [0.05, 0.1) is 0 Å². The number of nitriles is 1. The smallest absolute Gasteiger partial charge is 0.274 e. The van der Waals surface area contributed by atoms with Crippen molar-refractivity contribution in [1.29, 1.82) is 5.26 Å². The summed E-state index contributed by atoms with van der Waals surface area (Å²) in [6, 6.07) is 0.